The second-order valence-electron chi connectivity index (χ2n) is 7.76. The highest BCUT2D eigenvalue weighted by Crippen LogP contribution is 2.37. The van der Waals surface area contributed by atoms with E-state index in [1.54, 1.807) is 12.1 Å². The van der Waals surface area contributed by atoms with Crippen molar-refractivity contribution in [2.24, 2.45) is 0 Å². The monoisotopic (exact) mass is 386 g/mol. The van der Waals surface area contributed by atoms with Crippen molar-refractivity contribution in [3.8, 4) is 0 Å². The number of halogens is 3. The summed E-state index contributed by atoms with van der Waals surface area (Å²) in [4.78, 5) is 12.8. The molecule has 1 nitrogen and oxygen atoms in total. The Kier molecular flexibility index (Phi) is 4.99. The van der Waals surface area contributed by atoms with E-state index in [4.69, 9.17) is 0 Å². The number of ketones is 1. The van der Waals surface area contributed by atoms with Gasteiger partial charge in [-0.25, -0.2) is 0 Å². The van der Waals surface area contributed by atoms with E-state index >= 15 is 0 Å². The molecule has 0 N–H and O–H groups in total. The number of fused-ring (bicyclic) bond motifs is 1. The van der Waals surface area contributed by atoms with Gasteiger partial charge in [-0.15, -0.1) is 0 Å². The summed E-state index contributed by atoms with van der Waals surface area (Å²) in [6.07, 6.45) is 1.25. The first-order valence-corrected chi connectivity index (χ1v) is 12.3. The van der Waals surface area contributed by atoms with Gasteiger partial charge < -0.3 is 0 Å². The molecule has 2 aromatic carbocycles. The molecule has 3 rings (SSSR count). The van der Waals surface area contributed by atoms with Crippen LogP contribution in [0.4, 0.5) is 13.2 Å². The van der Waals surface area contributed by atoms with Gasteiger partial charge in [-0.05, 0) is 29.3 Å². The van der Waals surface area contributed by atoms with Crippen molar-refractivity contribution in [1.29, 1.82) is 0 Å². The number of allylic oxidation sites excluding steroid dienone is 3. The van der Waals surface area contributed by atoms with Crippen LogP contribution >= 0.6 is 0 Å². The number of rotatable bonds is 2. The molecule has 1 unspecified atom stereocenters. The molecule has 0 heterocycles. The summed E-state index contributed by atoms with van der Waals surface area (Å²) < 4.78 is 38.7. The maximum Gasteiger partial charge on any atom is 0.416 e. The molecular formula is C22H21F3OSi. The van der Waals surface area contributed by atoms with Gasteiger partial charge in [0.15, 0.2) is 5.78 Å². The Hall–Kier alpha value is -2.40. The molecule has 2 aromatic rings. The smallest absolute Gasteiger partial charge is 0.289 e. The number of carbonyl (C=O) groups excluding carboxylic acids is 1. The zero-order valence-electron chi connectivity index (χ0n) is 15.5. The quantitative estimate of drug-likeness (QED) is 0.538. The zero-order valence-corrected chi connectivity index (χ0v) is 16.5. The van der Waals surface area contributed by atoms with Crippen LogP contribution in [0.2, 0.25) is 19.6 Å². The lowest BCUT2D eigenvalue weighted by Crippen LogP contribution is -2.29. The van der Waals surface area contributed by atoms with Gasteiger partial charge in [0.25, 0.3) is 0 Å². The molecule has 1 atom stereocenters. The van der Waals surface area contributed by atoms with Crippen LogP contribution < -0.4 is 0 Å². The van der Waals surface area contributed by atoms with E-state index in [1.807, 2.05) is 30.4 Å². The molecular weight excluding hydrogens is 365 g/mol. The molecule has 0 saturated heterocycles. The van der Waals surface area contributed by atoms with E-state index < -0.39 is 19.8 Å². The van der Waals surface area contributed by atoms with Crippen LogP contribution in [0.15, 0.2) is 65.9 Å². The normalized spacial score (nSPS) is 20.9. The summed E-state index contributed by atoms with van der Waals surface area (Å²) in [5.74, 6) is -0.263. The first kappa shape index (κ1) is 19.4. The molecule has 0 fully saturated rings. The van der Waals surface area contributed by atoms with Crippen LogP contribution in [0.25, 0.3) is 6.08 Å². The molecule has 0 spiro atoms. The fraction of sp³-hybridized carbons (Fsp3) is 0.227. The SMILES string of the molecule is C[Si](C)(C)/C1=C/C(=O)c2ccccc2/C=C\C1c1ccc(C(F)(F)F)cc1. The topological polar surface area (TPSA) is 17.1 Å². The third-order valence-corrected chi connectivity index (χ3v) is 6.97. The minimum absolute atomic E-state index is 0.0516. The standard InChI is InChI=1S/C22H21F3OSi/c1-27(2,3)21-14-20(26)18-7-5-4-6-15(18)10-13-19(21)16-8-11-17(12-9-16)22(23,24)25/h4-14,19H,1-3H3/b13-10-,21-14+. The Morgan fingerprint density at radius 2 is 1.56 bits per heavy atom. The second kappa shape index (κ2) is 6.96. The first-order chi connectivity index (χ1) is 12.6. The molecule has 140 valence electrons. The molecule has 1 aliphatic rings. The molecule has 1 aliphatic carbocycles. The highest BCUT2D eigenvalue weighted by atomic mass is 28.3. The highest BCUT2D eigenvalue weighted by molar-refractivity contribution is 6.83. The van der Waals surface area contributed by atoms with Crippen molar-refractivity contribution in [2.75, 3.05) is 0 Å². The fourth-order valence-corrected chi connectivity index (χ4v) is 5.09. The number of carbonyl (C=O) groups is 1. The van der Waals surface area contributed by atoms with E-state index in [2.05, 4.69) is 19.6 Å². The summed E-state index contributed by atoms with van der Waals surface area (Å²) in [7, 11) is -1.90. The van der Waals surface area contributed by atoms with E-state index in [-0.39, 0.29) is 11.7 Å². The molecule has 0 amide bonds. The van der Waals surface area contributed by atoms with E-state index in [1.165, 1.54) is 12.1 Å². The summed E-state index contributed by atoms with van der Waals surface area (Å²) in [5, 5.41) is 1.01. The predicted molar refractivity (Wildman–Crippen MR) is 105 cm³/mol. The Labute approximate surface area is 158 Å². The van der Waals surface area contributed by atoms with Gasteiger partial charge in [-0.3, -0.25) is 4.79 Å². The number of hydrogen-bond acceptors (Lipinski definition) is 1. The first-order valence-electron chi connectivity index (χ1n) is 8.78. The maximum absolute atomic E-state index is 12.9. The van der Waals surface area contributed by atoms with Crippen molar-refractivity contribution in [1.82, 2.24) is 0 Å². The largest absolute Gasteiger partial charge is 0.416 e. The summed E-state index contributed by atoms with van der Waals surface area (Å²) in [6.45, 7) is 6.43. The average molecular weight is 386 g/mol. The van der Waals surface area contributed by atoms with Gasteiger partial charge in [0.1, 0.15) is 0 Å². The Balaban J connectivity index is 2.13. The van der Waals surface area contributed by atoms with Gasteiger partial charge in [0, 0.05) is 11.5 Å². The van der Waals surface area contributed by atoms with Gasteiger partial charge in [0.05, 0.1) is 13.6 Å². The van der Waals surface area contributed by atoms with Gasteiger partial charge in [-0.2, -0.15) is 13.2 Å². The van der Waals surface area contributed by atoms with E-state index in [9.17, 15) is 18.0 Å². The van der Waals surface area contributed by atoms with Crippen LogP contribution in [-0.2, 0) is 6.18 Å². The van der Waals surface area contributed by atoms with Crippen LogP contribution in [0.1, 0.15) is 33.0 Å². The lowest BCUT2D eigenvalue weighted by molar-refractivity contribution is -0.137. The third kappa shape index (κ3) is 4.13. The van der Waals surface area contributed by atoms with Crippen molar-refractivity contribution in [3.63, 3.8) is 0 Å². The van der Waals surface area contributed by atoms with Crippen molar-refractivity contribution >= 4 is 19.9 Å². The van der Waals surface area contributed by atoms with Crippen LogP contribution in [0, 0.1) is 0 Å². The maximum atomic E-state index is 12.9. The van der Waals surface area contributed by atoms with Crippen LogP contribution in [-0.4, -0.2) is 13.9 Å². The Morgan fingerprint density at radius 3 is 2.15 bits per heavy atom. The summed E-state index contributed by atoms with van der Waals surface area (Å²) in [5.41, 5.74) is 1.57. The molecule has 5 heteroatoms. The molecule has 0 saturated carbocycles. The summed E-state index contributed by atoms with van der Waals surface area (Å²) >= 11 is 0. The Bertz CT molecular complexity index is 916. The minimum Gasteiger partial charge on any atom is -0.289 e. The van der Waals surface area contributed by atoms with Crippen LogP contribution in [0.5, 0.6) is 0 Å². The predicted octanol–water partition coefficient (Wildman–Crippen LogP) is 6.50. The van der Waals surface area contributed by atoms with E-state index in [0.29, 0.717) is 5.56 Å². The molecule has 0 bridgehead atoms. The number of hydrogen-bond donors (Lipinski definition) is 0. The van der Waals surface area contributed by atoms with Gasteiger partial charge in [0.2, 0.25) is 0 Å². The number of alkyl halides is 3. The van der Waals surface area contributed by atoms with Gasteiger partial charge in [-0.1, -0.05) is 73.4 Å². The summed E-state index contributed by atoms with van der Waals surface area (Å²) in [6, 6.07) is 12.6. The fourth-order valence-electron chi connectivity index (χ4n) is 3.33. The van der Waals surface area contributed by atoms with Crippen molar-refractivity contribution < 1.29 is 18.0 Å². The van der Waals surface area contributed by atoms with Crippen molar-refractivity contribution in [2.45, 2.75) is 31.7 Å². The Morgan fingerprint density at radius 1 is 0.926 bits per heavy atom. The second-order valence-corrected chi connectivity index (χ2v) is 12.8. The van der Waals surface area contributed by atoms with Crippen LogP contribution in [0.3, 0.4) is 0 Å². The lowest BCUT2D eigenvalue weighted by atomic mass is 9.91. The molecule has 0 radical (unpaired) electrons. The van der Waals surface area contributed by atoms with Gasteiger partial charge >= 0.3 is 6.18 Å². The number of benzene rings is 2. The minimum atomic E-state index is -4.36. The zero-order chi connectivity index (χ0) is 19.8. The van der Waals surface area contributed by atoms with E-state index in [0.717, 1.165) is 28.5 Å². The molecule has 0 aromatic heterocycles. The highest BCUT2D eigenvalue weighted by Gasteiger charge is 2.32. The average Bonchev–Trinajstić information content (AvgIpc) is 2.58. The molecule has 0 aliphatic heterocycles. The lowest BCUT2D eigenvalue weighted by Gasteiger charge is -2.29. The van der Waals surface area contributed by atoms with Crippen molar-refractivity contribution in [3.05, 3.63) is 88.1 Å². The third-order valence-electron chi connectivity index (χ3n) is 4.78. The molecule has 27 heavy (non-hydrogen) atoms.